The van der Waals surface area contributed by atoms with Crippen molar-refractivity contribution >= 4 is 0 Å². The van der Waals surface area contributed by atoms with Crippen LogP contribution in [0, 0.1) is 11.3 Å². The zero-order valence-corrected chi connectivity index (χ0v) is 10.0. The van der Waals surface area contributed by atoms with E-state index in [2.05, 4.69) is 29.8 Å². The first kappa shape index (κ1) is 12.4. The summed E-state index contributed by atoms with van der Waals surface area (Å²) in [6.45, 7) is 7.79. The summed E-state index contributed by atoms with van der Waals surface area (Å²) in [7, 11) is 2.16. The van der Waals surface area contributed by atoms with Gasteiger partial charge >= 0.3 is 0 Å². The number of hydrogen-bond acceptors (Lipinski definition) is 4. The number of likely N-dealkylation sites (N-methyl/N-ethyl adjacent to an activating group) is 1. The van der Waals surface area contributed by atoms with Gasteiger partial charge in [0.2, 0.25) is 0 Å². The van der Waals surface area contributed by atoms with E-state index in [1.54, 1.807) is 6.92 Å². The standard InChI is InChI=1S/C11H22N4/c1-4-10-7-15(6-5-14(10)3)9-11(2,13)8-12/h10H,4-7,9,13H2,1-3H3. The molecule has 0 aromatic carbocycles. The molecule has 2 atom stereocenters. The largest absolute Gasteiger partial charge is 0.313 e. The second-order valence-corrected chi connectivity index (χ2v) is 4.81. The highest BCUT2D eigenvalue weighted by Gasteiger charge is 2.27. The van der Waals surface area contributed by atoms with E-state index in [0.717, 1.165) is 26.1 Å². The van der Waals surface area contributed by atoms with Crippen molar-refractivity contribution in [2.24, 2.45) is 5.73 Å². The van der Waals surface area contributed by atoms with E-state index in [-0.39, 0.29) is 0 Å². The monoisotopic (exact) mass is 210 g/mol. The van der Waals surface area contributed by atoms with Gasteiger partial charge in [-0.3, -0.25) is 4.90 Å². The number of nitrogens with zero attached hydrogens (tertiary/aromatic N) is 3. The Labute approximate surface area is 92.6 Å². The van der Waals surface area contributed by atoms with Crippen LogP contribution in [0.3, 0.4) is 0 Å². The van der Waals surface area contributed by atoms with Gasteiger partial charge in [-0.15, -0.1) is 0 Å². The molecular weight excluding hydrogens is 188 g/mol. The van der Waals surface area contributed by atoms with Crippen LogP contribution in [0.4, 0.5) is 0 Å². The van der Waals surface area contributed by atoms with E-state index in [1.807, 2.05) is 0 Å². The first-order valence-corrected chi connectivity index (χ1v) is 5.61. The third-order valence-electron chi connectivity index (χ3n) is 3.14. The molecule has 86 valence electrons. The average molecular weight is 210 g/mol. The van der Waals surface area contributed by atoms with Crippen molar-refractivity contribution in [3.8, 4) is 6.07 Å². The number of piperazine rings is 1. The van der Waals surface area contributed by atoms with Crippen molar-refractivity contribution in [2.75, 3.05) is 33.2 Å². The van der Waals surface area contributed by atoms with Gasteiger partial charge in [-0.05, 0) is 20.4 Å². The van der Waals surface area contributed by atoms with Gasteiger partial charge in [-0.25, -0.2) is 0 Å². The highest BCUT2D eigenvalue weighted by molar-refractivity contribution is 5.03. The fourth-order valence-corrected chi connectivity index (χ4v) is 2.09. The predicted octanol–water partition coefficient (Wildman–Crippen LogP) is 0.253. The van der Waals surface area contributed by atoms with E-state index in [0.29, 0.717) is 12.6 Å². The summed E-state index contributed by atoms with van der Waals surface area (Å²) in [4.78, 5) is 4.69. The molecule has 0 saturated carbocycles. The molecule has 0 aromatic heterocycles. The summed E-state index contributed by atoms with van der Waals surface area (Å²) >= 11 is 0. The van der Waals surface area contributed by atoms with Crippen molar-refractivity contribution in [3.05, 3.63) is 0 Å². The van der Waals surface area contributed by atoms with Crippen LogP contribution >= 0.6 is 0 Å². The van der Waals surface area contributed by atoms with Gasteiger partial charge in [0, 0.05) is 32.2 Å². The van der Waals surface area contributed by atoms with Crippen LogP contribution in [0.25, 0.3) is 0 Å². The van der Waals surface area contributed by atoms with Gasteiger partial charge < -0.3 is 10.6 Å². The van der Waals surface area contributed by atoms with Crippen molar-refractivity contribution < 1.29 is 0 Å². The SMILES string of the molecule is CCC1CN(CC(C)(N)C#N)CCN1C. The maximum Gasteiger partial charge on any atom is 0.114 e. The highest BCUT2D eigenvalue weighted by atomic mass is 15.3. The molecule has 0 aliphatic carbocycles. The Morgan fingerprint density at radius 1 is 1.53 bits per heavy atom. The molecule has 1 saturated heterocycles. The molecule has 0 amide bonds. The maximum absolute atomic E-state index is 8.89. The molecule has 1 fully saturated rings. The van der Waals surface area contributed by atoms with Gasteiger partial charge in [0.25, 0.3) is 0 Å². The van der Waals surface area contributed by atoms with E-state index >= 15 is 0 Å². The van der Waals surface area contributed by atoms with E-state index in [1.165, 1.54) is 0 Å². The quantitative estimate of drug-likeness (QED) is 0.725. The fraction of sp³-hybridized carbons (Fsp3) is 0.909. The first-order chi connectivity index (χ1) is 6.98. The molecule has 4 nitrogen and oxygen atoms in total. The number of rotatable bonds is 3. The summed E-state index contributed by atoms with van der Waals surface area (Å²) in [5.74, 6) is 0. The Balaban J connectivity index is 2.49. The van der Waals surface area contributed by atoms with Crippen LogP contribution in [0.5, 0.6) is 0 Å². The van der Waals surface area contributed by atoms with Gasteiger partial charge in [0.05, 0.1) is 6.07 Å². The van der Waals surface area contributed by atoms with Gasteiger partial charge in [-0.2, -0.15) is 5.26 Å². The average Bonchev–Trinajstić information content (AvgIpc) is 2.20. The number of hydrogen-bond donors (Lipinski definition) is 1. The molecule has 1 rings (SSSR count). The summed E-state index contributed by atoms with van der Waals surface area (Å²) in [5, 5.41) is 8.89. The van der Waals surface area contributed by atoms with E-state index < -0.39 is 5.54 Å². The minimum Gasteiger partial charge on any atom is -0.313 e. The third kappa shape index (κ3) is 3.45. The molecule has 15 heavy (non-hydrogen) atoms. The third-order valence-corrected chi connectivity index (χ3v) is 3.14. The van der Waals surface area contributed by atoms with Gasteiger partial charge in [-0.1, -0.05) is 6.92 Å². The van der Waals surface area contributed by atoms with E-state index in [9.17, 15) is 0 Å². The lowest BCUT2D eigenvalue weighted by Gasteiger charge is -2.40. The van der Waals surface area contributed by atoms with Gasteiger partial charge in [0.15, 0.2) is 0 Å². The normalized spacial score (nSPS) is 28.3. The number of nitriles is 1. The molecule has 2 N–H and O–H groups in total. The lowest BCUT2D eigenvalue weighted by atomic mass is 10.0. The Morgan fingerprint density at radius 3 is 2.73 bits per heavy atom. The van der Waals surface area contributed by atoms with Crippen LogP contribution < -0.4 is 5.73 Å². The second kappa shape index (κ2) is 4.93. The van der Waals surface area contributed by atoms with Crippen LogP contribution in [-0.4, -0.2) is 54.6 Å². The number of nitrogens with two attached hydrogens (primary N) is 1. The Kier molecular flexibility index (Phi) is 4.09. The Morgan fingerprint density at radius 2 is 2.20 bits per heavy atom. The summed E-state index contributed by atoms with van der Waals surface area (Å²) < 4.78 is 0. The first-order valence-electron chi connectivity index (χ1n) is 5.61. The van der Waals surface area contributed by atoms with Crippen LogP contribution in [0.2, 0.25) is 0 Å². The predicted molar refractivity (Wildman–Crippen MR) is 61.4 cm³/mol. The topological polar surface area (TPSA) is 56.3 Å². The van der Waals surface area contributed by atoms with Crippen LogP contribution in [-0.2, 0) is 0 Å². The van der Waals surface area contributed by atoms with Crippen LogP contribution in [0.1, 0.15) is 20.3 Å². The lowest BCUT2D eigenvalue weighted by molar-refractivity contribution is 0.0846. The minimum absolute atomic E-state index is 0.605. The second-order valence-electron chi connectivity index (χ2n) is 4.81. The van der Waals surface area contributed by atoms with Crippen molar-refractivity contribution in [2.45, 2.75) is 31.8 Å². The van der Waals surface area contributed by atoms with Gasteiger partial charge in [0.1, 0.15) is 5.54 Å². The van der Waals surface area contributed by atoms with Crippen molar-refractivity contribution in [1.29, 1.82) is 5.26 Å². The zero-order valence-electron chi connectivity index (χ0n) is 10.0. The molecule has 1 aliphatic heterocycles. The summed E-state index contributed by atoms with van der Waals surface area (Å²) in [6, 6.07) is 2.76. The maximum atomic E-state index is 8.89. The molecule has 1 heterocycles. The molecule has 1 aliphatic rings. The fourth-order valence-electron chi connectivity index (χ4n) is 2.09. The molecule has 0 radical (unpaired) electrons. The Bertz CT molecular complexity index is 243. The lowest BCUT2D eigenvalue weighted by Crippen LogP contribution is -2.56. The molecule has 4 heteroatoms. The minimum atomic E-state index is -0.714. The smallest absolute Gasteiger partial charge is 0.114 e. The summed E-state index contributed by atoms with van der Waals surface area (Å²) in [5.41, 5.74) is 5.14. The van der Waals surface area contributed by atoms with Crippen LogP contribution in [0.15, 0.2) is 0 Å². The van der Waals surface area contributed by atoms with Crippen molar-refractivity contribution in [1.82, 2.24) is 9.80 Å². The molecule has 0 bridgehead atoms. The highest BCUT2D eigenvalue weighted by Crippen LogP contribution is 2.12. The van der Waals surface area contributed by atoms with E-state index in [4.69, 9.17) is 11.0 Å². The zero-order chi connectivity index (χ0) is 11.5. The van der Waals surface area contributed by atoms with Crippen molar-refractivity contribution in [3.63, 3.8) is 0 Å². The molecule has 0 aromatic rings. The summed E-state index contributed by atoms with van der Waals surface area (Å²) in [6.07, 6.45) is 1.15. The Hall–Kier alpha value is -0.630. The molecular formula is C11H22N4. The molecule has 2 unspecified atom stereocenters. The molecule has 0 spiro atoms.